The van der Waals surface area contributed by atoms with Crippen LogP contribution in [0.5, 0.6) is 0 Å². The number of carbonyl (C=O) groups is 2. The normalized spacial score (nSPS) is 11.5. The summed E-state index contributed by atoms with van der Waals surface area (Å²) < 4.78 is 0. The van der Waals surface area contributed by atoms with E-state index in [0.717, 1.165) is 0 Å². The Morgan fingerprint density at radius 2 is 2.10 bits per heavy atom. The van der Waals surface area contributed by atoms with Crippen LogP contribution in [0.4, 0.5) is 10.5 Å². The predicted molar refractivity (Wildman–Crippen MR) is 74.9 cm³/mol. The smallest absolute Gasteiger partial charge is 0.326 e. The summed E-state index contributed by atoms with van der Waals surface area (Å²) in [6.07, 6.45) is 0.262. The molecule has 0 radical (unpaired) electrons. The van der Waals surface area contributed by atoms with Crippen LogP contribution in [0.2, 0.25) is 0 Å². The Labute approximate surface area is 121 Å². The second-order valence-corrected chi connectivity index (χ2v) is 4.44. The second-order valence-electron chi connectivity index (χ2n) is 4.44. The molecule has 0 aromatic heterocycles. The number of nitro groups is 1. The van der Waals surface area contributed by atoms with Crippen molar-refractivity contribution in [3.63, 3.8) is 0 Å². The van der Waals surface area contributed by atoms with E-state index >= 15 is 0 Å². The maximum Gasteiger partial charge on any atom is 0.326 e. The summed E-state index contributed by atoms with van der Waals surface area (Å²) in [6.45, 7) is 3.32. The first-order chi connectivity index (χ1) is 9.86. The topological polar surface area (TPSA) is 122 Å². The van der Waals surface area contributed by atoms with Gasteiger partial charge in [0, 0.05) is 18.2 Å². The Morgan fingerprint density at radius 1 is 1.43 bits per heavy atom. The van der Waals surface area contributed by atoms with Gasteiger partial charge < -0.3 is 15.7 Å². The summed E-state index contributed by atoms with van der Waals surface area (Å²) in [6, 6.07) is 2.99. The lowest BCUT2D eigenvalue weighted by Gasteiger charge is -2.13. The molecule has 8 nitrogen and oxygen atoms in total. The van der Waals surface area contributed by atoms with Crippen molar-refractivity contribution in [3.05, 3.63) is 39.4 Å². The predicted octanol–water partition coefficient (Wildman–Crippen LogP) is 1.57. The van der Waals surface area contributed by atoms with E-state index in [2.05, 4.69) is 10.6 Å². The molecule has 0 unspecified atom stereocenters. The Bertz CT molecular complexity index is 559. The molecule has 1 aromatic rings. The van der Waals surface area contributed by atoms with E-state index in [1.807, 2.05) is 0 Å². The average Bonchev–Trinajstić information content (AvgIpc) is 2.42. The monoisotopic (exact) mass is 295 g/mol. The zero-order valence-electron chi connectivity index (χ0n) is 11.8. The summed E-state index contributed by atoms with van der Waals surface area (Å²) in [5.74, 6) is -1.11. The lowest BCUT2D eigenvalue weighted by atomic mass is 10.1. The SMILES string of the molecule is CC[C@H](NC(=O)NCc1cccc([N+](=O)[O-])c1C)C(=O)O. The molecule has 0 bridgehead atoms. The van der Waals surface area contributed by atoms with E-state index in [4.69, 9.17) is 5.11 Å². The van der Waals surface area contributed by atoms with E-state index in [9.17, 15) is 19.7 Å². The van der Waals surface area contributed by atoms with Gasteiger partial charge in [-0.05, 0) is 18.9 Å². The Balaban J connectivity index is 2.67. The van der Waals surface area contributed by atoms with Crippen molar-refractivity contribution in [2.45, 2.75) is 32.9 Å². The molecule has 0 fully saturated rings. The van der Waals surface area contributed by atoms with Crippen LogP contribution in [0.1, 0.15) is 24.5 Å². The minimum atomic E-state index is -1.11. The summed E-state index contributed by atoms with van der Waals surface area (Å²) in [4.78, 5) is 32.7. The van der Waals surface area contributed by atoms with Gasteiger partial charge in [-0.2, -0.15) is 0 Å². The first-order valence-corrected chi connectivity index (χ1v) is 6.36. The number of nitro benzene ring substituents is 1. The minimum Gasteiger partial charge on any atom is -0.480 e. The molecule has 0 aliphatic carbocycles. The van der Waals surface area contributed by atoms with Gasteiger partial charge in [0.05, 0.1) is 4.92 Å². The van der Waals surface area contributed by atoms with Gasteiger partial charge in [-0.25, -0.2) is 9.59 Å². The third kappa shape index (κ3) is 4.44. The van der Waals surface area contributed by atoms with Crippen LogP contribution in [0.15, 0.2) is 18.2 Å². The van der Waals surface area contributed by atoms with Gasteiger partial charge in [-0.3, -0.25) is 10.1 Å². The standard InChI is InChI=1S/C13H17N3O5/c1-3-10(12(17)18)15-13(19)14-7-9-5-4-6-11(8(9)2)16(20)21/h4-6,10H,3,7H2,1-2H3,(H,17,18)(H2,14,15,19)/t10-/m0/s1. The highest BCUT2D eigenvalue weighted by atomic mass is 16.6. The summed E-state index contributed by atoms with van der Waals surface area (Å²) in [5, 5.41) is 24.4. The van der Waals surface area contributed by atoms with Crippen LogP contribution in [0, 0.1) is 17.0 Å². The van der Waals surface area contributed by atoms with Gasteiger partial charge in [0.2, 0.25) is 0 Å². The molecule has 0 saturated heterocycles. The number of carboxylic acids is 1. The van der Waals surface area contributed by atoms with Gasteiger partial charge in [0.25, 0.3) is 5.69 Å². The number of aliphatic carboxylic acids is 1. The highest BCUT2D eigenvalue weighted by Gasteiger charge is 2.18. The molecule has 114 valence electrons. The lowest BCUT2D eigenvalue weighted by Crippen LogP contribution is -2.45. The van der Waals surface area contributed by atoms with E-state index in [-0.39, 0.29) is 18.7 Å². The van der Waals surface area contributed by atoms with Crippen molar-refractivity contribution in [1.29, 1.82) is 0 Å². The molecule has 8 heteroatoms. The van der Waals surface area contributed by atoms with Gasteiger partial charge in [0.1, 0.15) is 6.04 Å². The lowest BCUT2D eigenvalue weighted by molar-refractivity contribution is -0.385. The van der Waals surface area contributed by atoms with Crippen molar-refractivity contribution in [1.82, 2.24) is 10.6 Å². The first-order valence-electron chi connectivity index (χ1n) is 6.36. The Morgan fingerprint density at radius 3 is 2.62 bits per heavy atom. The molecule has 1 aromatic carbocycles. The average molecular weight is 295 g/mol. The molecule has 0 aliphatic heterocycles. The molecular formula is C13H17N3O5. The first kappa shape index (κ1) is 16.4. The van der Waals surface area contributed by atoms with Gasteiger partial charge in [-0.1, -0.05) is 19.1 Å². The fourth-order valence-electron chi connectivity index (χ4n) is 1.78. The van der Waals surface area contributed by atoms with Gasteiger partial charge in [-0.15, -0.1) is 0 Å². The van der Waals surface area contributed by atoms with Crippen LogP contribution < -0.4 is 10.6 Å². The molecule has 0 saturated carbocycles. The van der Waals surface area contributed by atoms with E-state index in [1.165, 1.54) is 12.1 Å². The number of rotatable bonds is 6. The molecular weight excluding hydrogens is 278 g/mol. The summed E-state index contributed by atoms with van der Waals surface area (Å²) in [5.41, 5.74) is 1.04. The maximum atomic E-state index is 11.6. The molecule has 2 amide bonds. The summed E-state index contributed by atoms with van der Waals surface area (Å²) >= 11 is 0. The fourth-order valence-corrected chi connectivity index (χ4v) is 1.78. The maximum absolute atomic E-state index is 11.6. The van der Waals surface area contributed by atoms with E-state index in [1.54, 1.807) is 19.9 Å². The van der Waals surface area contributed by atoms with Gasteiger partial charge >= 0.3 is 12.0 Å². The minimum absolute atomic E-state index is 0.0216. The molecule has 0 aliphatic rings. The zero-order chi connectivity index (χ0) is 16.0. The number of nitrogens with one attached hydrogen (secondary N) is 2. The third-order valence-electron chi connectivity index (χ3n) is 3.07. The van der Waals surface area contributed by atoms with Crippen molar-refractivity contribution in [2.75, 3.05) is 0 Å². The highest BCUT2D eigenvalue weighted by Crippen LogP contribution is 2.20. The number of nitrogens with zero attached hydrogens (tertiary/aromatic N) is 1. The quantitative estimate of drug-likeness (QED) is 0.543. The number of amides is 2. The van der Waals surface area contributed by atoms with Gasteiger partial charge in [0.15, 0.2) is 0 Å². The third-order valence-corrected chi connectivity index (χ3v) is 3.07. The number of carbonyl (C=O) groups excluding carboxylic acids is 1. The molecule has 3 N–H and O–H groups in total. The highest BCUT2D eigenvalue weighted by molar-refractivity contribution is 5.82. The van der Waals surface area contributed by atoms with Crippen molar-refractivity contribution in [3.8, 4) is 0 Å². The fraction of sp³-hybridized carbons (Fsp3) is 0.385. The second kappa shape index (κ2) is 7.22. The van der Waals surface area contributed by atoms with Crippen LogP contribution in [-0.2, 0) is 11.3 Å². The zero-order valence-corrected chi connectivity index (χ0v) is 11.8. The van der Waals surface area contributed by atoms with Crippen molar-refractivity contribution in [2.24, 2.45) is 0 Å². The van der Waals surface area contributed by atoms with Crippen LogP contribution >= 0.6 is 0 Å². The number of hydrogen-bond acceptors (Lipinski definition) is 4. The van der Waals surface area contributed by atoms with Crippen LogP contribution in [-0.4, -0.2) is 28.1 Å². The van der Waals surface area contributed by atoms with E-state index in [0.29, 0.717) is 11.1 Å². The Hall–Kier alpha value is -2.64. The number of urea groups is 1. The molecule has 1 atom stereocenters. The molecule has 21 heavy (non-hydrogen) atoms. The molecule has 0 spiro atoms. The van der Waals surface area contributed by atoms with Crippen molar-refractivity contribution < 1.29 is 19.6 Å². The molecule has 1 rings (SSSR count). The summed E-state index contributed by atoms with van der Waals surface area (Å²) in [7, 11) is 0. The van der Waals surface area contributed by atoms with Crippen molar-refractivity contribution >= 4 is 17.7 Å². The Kier molecular flexibility index (Phi) is 5.65. The van der Waals surface area contributed by atoms with Crippen LogP contribution in [0.3, 0.4) is 0 Å². The largest absolute Gasteiger partial charge is 0.480 e. The van der Waals surface area contributed by atoms with E-state index < -0.39 is 23.0 Å². The molecule has 0 heterocycles. The van der Waals surface area contributed by atoms with Crippen LogP contribution in [0.25, 0.3) is 0 Å². The number of carboxylic acid groups (broad SMARTS) is 1. The number of benzene rings is 1. The number of hydrogen-bond donors (Lipinski definition) is 3.